The van der Waals surface area contributed by atoms with Gasteiger partial charge < -0.3 is 9.47 Å². The zero-order chi connectivity index (χ0) is 24.3. The number of rotatable bonds is 12. The van der Waals surface area contributed by atoms with Gasteiger partial charge in [-0.3, -0.25) is 12.5 Å². The van der Waals surface area contributed by atoms with Crippen molar-refractivity contribution in [2.75, 3.05) is 32.3 Å². The van der Waals surface area contributed by atoms with Gasteiger partial charge in [-0.25, -0.2) is 0 Å². The van der Waals surface area contributed by atoms with Crippen LogP contribution in [0.3, 0.4) is 0 Å². The third-order valence-corrected chi connectivity index (χ3v) is 6.00. The van der Waals surface area contributed by atoms with Crippen LogP contribution in [0.5, 0.6) is 0 Å². The van der Waals surface area contributed by atoms with Crippen LogP contribution in [0.2, 0.25) is 0 Å². The highest BCUT2D eigenvalue weighted by Crippen LogP contribution is 2.38. The molecular weight excluding hydrogens is 496 g/mol. The van der Waals surface area contributed by atoms with E-state index in [1.54, 1.807) is 6.92 Å². The lowest BCUT2D eigenvalue weighted by molar-refractivity contribution is -0.134. The molecule has 1 aliphatic heterocycles. The quantitative estimate of drug-likeness (QED) is 0.144. The second kappa shape index (κ2) is 10.2. The van der Waals surface area contributed by atoms with Crippen LogP contribution in [0.25, 0.3) is 0 Å². The zero-order valence-electron chi connectivity index (χ0n) is 16.7. The smallest absolute Gasteiger partial charge is 0.372 e. The van der Waals surface area contributed by atoms with Crippen LogP contribution < -0.4 is 0 Å². The maximum atomic E-state index is 12.8. The third-order valence-electron chi connectivity index (χ3n) is 3.86. The Labute approximate surface area is 180 Å². The first kappa shape index (κ1) is 28.5. The summed E-state index contributed by atoms with van der Waals surface area (Å²) in [6.45, 7) is -0.451. The highest BCUT2D eigenvalue weighted by molar-refractivity contribution is 7.87. The molecule has 2 radical (unpaired) electrons. The van der Waals surface area contributed by atoms with E-state index in [2.05, 4.69) is 12.5 Å². The molecule has 1 fully saturated rings. The molecule has 182 valence electrons. The van der Waals surface area contributed by atoms with Crippen LogP contribution in [0.4, 0.5) is 13.2 Å². The molecule has 0 bridgehead atoms. The Morgan fingerprint density at radius 1 is 1.00 bits per heavy atom. The molecule has 1 rings (SSSR count). The fraction of sp³-hybridized carbons (Fsp3) is 1.00. The molecule has 1 heterocycles. The van der Waals surface area contributed by atoms with Gasteiger partial charge >= 0.3 is 15.6 Å². The molecule has 0 amide bonds. The lowest BCUT2D eigenvalue weighted by Crippen LogP contribution is -2.53. The summed E-state index contributed by atoms with van der Waals surface area (Å²) in [5, 5.41) is 0. The molecule has 18 heteroatoms. The van der Waals surface area contributed by atoms with Gasteiger partial charge in [0.25, 0.3) is 20.2 Å². The van der Waals surface area contributed by atoms with Gasteiger partial charge in [-0.15, -0.1) is 0 Å². The first-order valence-corrected chi connectivity index (χ1v) is 13.6. The van der Waals surface area contributed by atoms with Crippen molar-refractivity contribution in [2.24, 2.45) is 0 Å². The summed E-state index contributed by atoms with van der Waals surface area (Å²) in [5.74, 6) is 0. The van der Waals surface area contributed by atoms with Crippen molar-refractivity contribution >= 4 is 38.2 Å². The van der Waals surface area contributed by atoms with Crippen LogP contribution >= 0.6 is 0 Å². The monoisotopic (exact) mass is 518 g/mol. The van der Waals surface area contributed by atoms with Crippen molar-refractivity contribution in [1.82, 2.24) is 0 Å². The van der Waals surface area contributed by atoms with E-state index in [1.807, 2.05) is 0 Å². The average molecular weight is 518 g/mol. The fourth-order valence-corrected chi connectivity index (χ4v) is 3.91. The summed E-state index contributed by atoms with van der Waals surface area (Å²) in [4.78, 5) is 0. The molecule has 0 aliphatic carbocycles. The van der Waals surface area contributed by atoms with Crippen molar-refractivity contribution in [2.45, 2.75) is 49.1 Å². The molecular formula is C13H22BF3O11S3. The molecule has 0 unspecified atom stereocenters. The molecule has 0 spiro atoms. The molecule has 31 heavy (non-hydrogen) atoms. The number of hydrogen-bond donors (Lipinski definition) is 0. The summed E-state index contributed by atoms with van der Waals surface area (Å²) < 4.78 is 131. The molecule has 0 saturated carbocycles. The average Bonchev–Trinajstić information content (AvgIpc) is 2.82. The minimum Gasteiger partial charge on any atom is -0.372 e. The van der Waals surface area contributed by atoms with Crippen LogP contribution in [0.15, 0.2) is 0 Å². The molecule has 1 saturated heterocycles. The fourth-order valence-electron chi connectivity index (χ4n) is 2.47. The predicted octanol–water partition coefficient (Wildman–Crippen LogP) is -0.377. The van der Waals surface area contributed by atoms with E-state index in [0.29, 0.717) is 25.4 Å². The Kier molecular flexibility index (Phi) is 9.38. The summed E-state index contributed by atoms with van der Waals surface area (Å²) in [7, 11) is -8.90. The first-order chi connectivity index (χ1) is 13.8. The Bertz CT molecular complexity index is 882. The molecule has 1 aliphatic rings. The standard InChI is InChI=1S/C13H22BF3O11S3/c1-4-5-6-24-10-9(28-31(22,23)13(15,16)17)11(14)27-12(10,7-25-29(2,18)19)8-26-30(3,20)21/h9-11H,4-8H2,1-3H3/t9-,10-,11+/m0/s1. The van der Waals surface area contributed by atoms with Crippen LogP contribution in [0.1, 0.15) is 19.8 Å². The van der Waals surface area contributed by atoms with Crippen LogP contribution in [-0.4, -0.2) is 94.8 Å². The van der Waals surface area contributed by atoms with Crippen LogP contribution in [0, 0.1) is 0 Å². The second-order valence-electron chi connectivity index (χ2n) is 6.69. The Balaban J connectivity index is 3.41. The normalized spacial score (nSPS) is 25.0. The first-order valence-electron chi connectivity index (χ1n) is 8.57. The van der Waals surface area contributed by atoms with Crippen molar-refractivity contribution in [3.05, 3.63) is 0 Å². The van der Waals surface area contributed by atoms with E-state index in [9.17, 15) is 38.4 Å². The van der Waals surface area contributed by atoms with Gasteiger partial charge in [-0.05, 0) is 6.42 Å². The minimum atomic E-state index is -6.17. The van der Waals surface area contributed by atoms with E-state index in [4.69, 9.17) is 17.3 Å². The van der Waals surface area contributed by atoms with Gasteiger partial charge in [0.15, 0.2) is 0 Å². The largest absolute Gasteiger partial charge is 0.523 e. The zero-order valence-corrected chi connectivity index (χ0v) is 19.1. The van der Waals surface area contributed by atoms with E-state index in [-0.39, 0.29) is 6.61 Å². The third kappa shape index (κ3) is 8.41. The van der Waals surface area contributed by atoms with Gasteiger partial charge in [0.05, 0.1) is 12.5 Å². The van der Waals surface area contributed by atoms with Gasteiger partial charge in [0.2, 0.25) is 0 Å². The lowest BCUT2D eigenvalue weighted by Gasteiger charge is -2.34. The summed E-state index contributed by atoms with van der Waals surface area (Å²) in [6.07, 6.45) is -1.76. The minimum absolute atomic E-state index is 0.164. The van der Waals surface area contributed by atoms with Gasteiger partial charge in [0.1, 0.15) is 38.9 Å². The maximum Gasteiger partial charge on any atom is 0.523 e. The highest BCUT2D eigenvalue weighted by Gasteiger charge is 2.60. The topological polar surface area (TPSA) is 149 Å². The van der Waals surface area contributed by atoms with E-state index < -0.39 is 72.9 Å². The molecule has 0 aromatic heterocycles. The van der Waals surface area contributed by atoms with Gasteiger partial charge in [-0.1, -0.05) is 13.3 Å². The second-order valence-corrected chi connectivity index (χ2v) is 11.5. The number of alkyl halides is 3. The van der Waals surface area contributed by atoms with E-state index >= 15 is 0 Å². The maximum absolute atomic E-state index is 12.8. The van der Waals surface area contributed by atoms with Crippen molar-refractivity contribution in [3.63, 3.8) is 0 Å². The summed E-state index contributed by atoms with van der Waals surface area (Å²) in [6, 6.07) is -1.91. The number of ether oxygens (including phenoxy) is 2. The van der Waals surface area contributed by atoms with E-state index in [1.165, 1.54) is 0 Å². The SMILES string of the molecule is [B][C@@H]1OC(COS(C)(=O)=O)(COS(C)(=O)=O)[C@@H](OCCCC)[C@@H]1OS(=O)(=O)C(F)(F)F. The van der Waals surface area contributed by atoms with Crippen molar-refractivity contribution in [1.29, 1.82) is 0 Å². The number of halogens is 3. The summed E-state index contributed by atoms with van der Waals surface area (Å²) in [5.41, 5.74) is -8.05. The predicted molar refractivity (Wildman–Crippen MR) is 99.4 cm³/mol. The van der Waals surface area contributed by atoms with Crippen LogP contribution in [-0.2, 0) is 52.4 Å². The van der Waals surface area contributed by atoms with Gasteiger partial charge in [-0.2, -0.15) is 38.4 Å². The molecule has 0 aromatic carbocycles. The number of hydrogen-bond acceptors (Lipinski definition) is 11. The van der Waals surface area contributed by atoms with Gasteiger partial charge in [0, 0.05) is 12.6 Å². The molecule has 3 atom stereocenters. The highest BCUT2D eigenvalue weighted by atomic mass is 32.2. The Morgan fingerprint density at radius 2 is 1.48 bits per heavy atom. The molecule has 11 nitrogen and oxygen atoms in total. The molecule has 0 aromatic rings. The van der Waals surface area contributed by atoms with Crippen molar-refractivity contribution in [3.8, 4) is 0 Å². The lowest BCUT2D eigenvalue weighted by atomic mass is 9.89. The summed E-state index contributed by atoms with van der Waals surface area (Å²) >= 11 is 0. The van der Waals surface area contributed by atoms with Crippen molar-refractivity contribution < 1.29 is 60.4 Å². The Morgan fingerprint density at radius 3 is 1.87 bits per heavy atom. The molecule has 0 N–H and O–H groups in total. The Hall–Kier alpha value is -0.495. The van der Waals surface area contributed by atoms with E-state index in [0.717, 1.165) is 0 Å². The number of unbranched alkanes of at least 4 members (excludes halogenated alkanes) is 1.